The van der Waals surface area contributed by atoms with Gasteiger partial charge in [0, 0.05) is 5.56 Å². The van der Waals surface area contributed by atoms with E-state index in [-0.39, 0.29) is 50.8 Å². The predicted molar refractivity (Wildman–Crippen MR) is 106 cm³/mol. The number of ether oxygens (including phenoxy) is 4. The number of aromatic hydroxyl groups is 1. The zero-order valence-corrected chi connectivity index (χ0v) is 17.1. The first-order valence-corrected chi connectivity index (χ1v) is 9.24. The Labute approximate surface area is 176 Å². The minimum atomic E-state index is -1.73. The average molecular weight is 426 g/mol. The summed E-state index contributed by atoms with van der Waals surface area (Å²) < 4.78 is 21.8. The molecule has 0 aliphatic carbocycles. The topological polar surface area (TPSA) is 129 Å². The first-order valence-electron chi connectivity index (χ1n) is 9.24. The monoisotopic (exact) mass is 426 g/mol. The summed E-state index contributed by atoms with van der Waals surface area (Å²) in [5, 5.41) is 20.7. The van der Waals surface area contributed by atoms with Crippen LogP contribution in [-0.4, -0.2) is 35.0 Å². The molecule has 31 heavy (non-hydrogen) atoms. The van der Waals surface area contributed by atoms with Gasteiger partial charge in [0.25, 0.3) is 0 Å². The number of carbonyl (C=O) groups is 3. The van der Waals surface area contributed by atoms with Crippen molar-refractivity contribution >= 4 is 23.8 Å². The van der Waals surface area contributed by atoms with E-state index in [4.69, 9.17) is 18.9 Å². The smallest absolute Gasteiger partial charge is 0.347 e. The highest BCUT2D eigenvalue weighted by atomic mass is 16.6. The van der Waals surface area contributed by atoms with Crippen molar-refractivity contribution in [1.29, 1.82) is 0 Å². The van der Waals surface area contributed by atoms with Gasteiger partial charge in [0.15, 0.2) is 23.0 Å². The van der Waals surface area contributed by atoms with Crippen LogP contribution in [0.25, 0.3) is 6.08 Å². The van der Waals surface area contributed by atoms with Gasteiger partial charge in [0.1, 0.15) is 22.6 Å². The van der Waals surface area contributed by atoms with Gasteiger partial charge in [-0.05, 0) is 44.6 Å². The molecule has 1 unspecified atom stereocenters. The molecule has 0 saturated carbocycles. The summed E-state index contributed by atoms with van der Waals surface area (Å²) in [5.41, 5.74) is 0.437. The van der Waals surface area contributed by atoms with Crippen molar-refractivity contribution in [3.63, 3.8) is 0 Å². The van der Waals surface area contributed by atoms with Crippen LogP contribution in [0.4, 0.5) is 0 Å². The van der Waals surface area contributed by atoms with Crippen LogP contribution >= 0.6 is 0 Å². The van der Waals surface area contributed by atoms with E-state index in [2.05, 4.69) is 0 Å². The molecule has 2 aliphatic heterocycles. The third-order valence-electron chi connectivity index (χ3n) is 5.11. The predicted octanol–water partition coefficient (Wildman–Crippen LogP) is 3.11. The second kappa shape index (κ2) is 7.13. The molecule has 0 fully saturated rings. The fourth-order valence-electron chi connectivity index (χ4n) is 3.62. The van der Waals surface area contributed by atoms with Crippen molar-refractivity contribution in [2.75, 3.05) is 7.11 Å². The molecule has 160 valence electrons. The van der Waals surface area contributed by atoms with Crippen LogP contribution in [0, 0.1) is 13.8 Å². The number of fused-ring (bicyclic) bond motifs is 4. The maximum Gasteiger partial charge on any atom is 0.347 e. The maximum atomic E-state index is 13.0. The Balaban J connectivity index is 2.07. The summed E-state index contributed by atoms with van der Waals surface area (Å²) in [6.45, 7) is 4.44. The summed E-state index contributed by atoms with van der Waals surface area (Å²) in [6.07, 6.45) is 0.983. The standard InChI is InChI=1S/C22H18O9/c1-8-7-12(28-4)11(6-5-9(2)23)18-13(8)20(25)30-17-10(3)16(24)14-15(19(17)29-18)22(27)31-21(14)26/h5-7,22,24,27H,1-4H3. The van der Waals surface area contributed by atoms with Crippen molar-refractivity contribution in [3.05, 3.63) is 45.5 Å². The lowest BCUT2D eigenvalue weighted by Crippen LogP contribution is -2.11. The fourth-order valence-corrected chi connectivity index (χ4v) is 3.62. The van der Waals surface area contributed by atoms with Crippen molar-refractivity contribution in [2.24, 2.45) is 0 Å². The molecule has 0 radical (unpaired) electrons. The Kier molecular flexibility index (Phi) is 4.70. The van der Waals surface area contributed by atoms with Crippen molar-refractivity contribution in [3.8, 4) is 28.7 Å². The fraction of sp³-hybridized carbons (Fsp3) is 0.227. The van der Waals surface area contributed by atoms with Gasteiger partial charge in [-0.15, -0.1) is 0 Å². The summed E-state index contributed by atoms with van der Waals surface area (Å²) in [6, 6.07) is 1.59. The lowest BCUT2D eigenvalue weighted by molar-refractivity contribution is -0.112. The van der Waals surface area contributed by atoms with Crippen LogP contribution < -0.4 is 14.2 Å². The Morgan fingerprint density at radius 3 is 2.45 bits per heavy atom. The van der Waals surface area contributed by atoms with E-state index in [1.165, 1.54) is 33.1 Å². The molecule has 4 rings (SSSR count). The minimum Gasteiger partial charge on any atom is -0.507 e. The molecule has 0 saturated heterocycles. The lowest BCUT2D eigenvalue weighted by atomic mass is 10.0. The molecule has 9 heteroatoms. The molecule has 0 amide bonds. The molecule has 2 N–H and O–H groups in total. The highest BCUT2D eigenvalue weighted by Gasteiger charge is 2.42. The highest BCUT2D eigenvalue weighted by Crippen LogP contribution is 2.54. The van der Waals surface area contributed by atoms with Crippen LogP contribution in [0.2, 0.25) is 0 Å². The number of allylic oxidation sites excluding steroid dienone is 1. The third-order valence-corrected chi connectivity index (χ3v) is 5.11. The van der Waals surface area contributed by atoms with Crippen molar-refractivity contribution in [2.45, 2.75) is 27.1 Å². The first-order chi connectivity index (χ1) is 14.6. The van der Waals surface area contributed by atoms with E-state index >= 15 is 0 Å². The molecule has 2 aromatic carbocycles. The van der Waals surface area contributed by atoms with Gasteiger partial charge in [0.2, 0.25) is 6.29 Å². The number of phenolic OH excluding ortho intramolecular Hbond substituents is 1. The summed E-state index contributed by atoms with van der Waals surface area (Å²) in [7, 11) is 1.42. The molecule has 2 heterocycles. The number of methoxy groups -OCH3 is 1. The zero-order valence-electron chi connectivity index (χ0n) is 17.1. The van der Waals surface area contributed by atoms with Crippen LogP contribution in [0.5, 0.6) is 28.7 Å². The Bertz CT molecular complexity index is 1210. The number of esters is 2. The van der Waals surface area contributed by atoms with Gasteiger partial charge in [-0.2, -0.15) is 0 Å². The number of rotatable bonds is 3. The highest BCUT2D eigenvalue weighted by molar-refractivity contribution is 6.03. The maximum absolute atomic E-state index is 13.0. The normalized spacial score (nSPS) is 16.6. The number of hydrogen-bond acceptors (Lipinski definition) is 9. The number of carbonyl (C=O) groups excluding carboxylic acids is 3. The number of aliphatic hydroxyl groups excluding tert-OH is 1. The number of cyclic esters (lactones) is 1. The van der Waals surface area contributed by atoms with Crippen LogP contribution in [0.15, 0.2) is 12.1 Å². The van der Waals surface area contributed by atoms with Crippen molar-refractivity contribution in [1.82, 2.24) is 0 Å². The second-order valence-electron chi connectivity index (χ2n) is 7.13. The van der Waals surface area contributed by atoms with Crippen molar-refractivity contribution < 1.29 is 43.5 Å². The molecule has 0 bridgehead atoms. The van der Waals surface area contributed by atoms with Crippen LogP contribution in [0.3, 0.4) is 0 Å². The van der Waals surface area contributed by atoms with Gasteiger partial charge in [-0.25, -0.2) is 9.59 Å². The molecule has 9 nitrogen and oxygen atoms in total. The first kappa shape index (κ1) is 20.4. The van der Waals surface area contributed by atoms with Gasteiger partial charge >= 0.3 is 11.9 Å². The Morgan fingerprint density at radius 1 is 1.10 bits per heavy atom. The third kappa shape index (κ3) is 3.01. The largest absolute Gasteiger partial charge is 0.507 e. The molecule has 0 spiro atoms. The molecular formula is C22H18O9. The van der Waals surface area contributed by atoms with Crippen LogP contribution in [0.1, 0.15) is 56.2 Å². The minimum absolute atomic E-state index is 0.0111. The van der Waals surface area contributed by atoms with Crippen LogP contribution in [-0.2, 0) is 9.53 Å². The quantitative estimate of drug-likeness (QED) is 0.432. The molecule has 1 atom stereocenters. The van der Waals surface area contributed by atoms with E-state index in [9.17, 15) is 24.6 Å². The van der Waals surface area contributed by atoms with Gasteiger partial charge in [-0.1, -0.05) is 0 Å². The van der Waals surface area contributed by atoms with E-state index < -0.39 is 24.0 Å². The SMILES string of the molecule is COc1cc(C)c2c(c1C=CC(C)=O)Oc1c(c(C)c(O)c3c1C(O)OC3=O)OC2=O. The zero-order chi connectivity index (χ0) is 22.6. The average Bonchev–Trinajstić information content (AvgIpc) is 2.90. The molecule has 0 aromatic heterocycles. The molecular weight excluding hydrogens is 408 g/mol. The summed E-state index contributed by atoms with van der Waals surface area (Å²) in [5.74, 6) is -2.43. The second-order valence-corrected chi connectivity index (χ2v) is 7.13. The van der Waals surface area contributed by atoms with E-state index in [1.807, 2.05) is 0 Å². The Hall–Kier alpha value is -3.85. The van der Waals surface area contributed by atoms with Gasteiger partial charge in [0.05, 0.1) is 18.2 Å². The number of ketones is 1. The Morgan fingerprint density at radius 2 is 1.81 bits per heavy atom. The number of hydrogen-bond donors (Lipinski definition) is 2. The lowest BCUT2D eigenvalue weighted by Gasteiger charge is -2.17. The van der Waals surface area contributed by atoms with E-state index in [0.29, 0.717) is 11.3 Å². The van der Waals surface area contributed by atoms with E-state index in [0.717, 1.165) is 0 Å². The summed E-state index contributed by atoms with van der Waals surface area (Å²) >= 11 is 0. The van der Waals surface area contributed by atoms with Gasteiger partial charge in [-0.3, -0.25) is 4.79 Å². The summed E-state index contributed by atoms with van der Waals surface area (Å²) in [4.78, 5) is 36.7. The number of phenols is 1. The molecule has 2 aromatic rings. The number of aliphatic hydroxyl groups is 1. The van der Waals surface area contributed by atoms with Gasteiger partial charge < -0.3 is 29.2 Å². The number of benzene rings is 2. The van der Waals surface area contributed by atoms with E-state index in [1.54, 1.807) is 13.0 Å². The molecule has 2 aliphatic rings. The number of aryl methyl sites for hydroxylation is 1.